The molecule has 1 saturated heterocycles. The lowest BCUT2D eigenvalue weighted by molar-refractivity contribution is -0.0811. The number of rotatable bonds is 4. The molecular formula is C15H20N4O4. The number of nitrogens with zero attached hydrogens (tertiary/aromatic N) is 4. The Morgan fingerprint density at radius 3 is 2.91 bits per heavy atom. The Labute approximate surface area is 133 Å². The predicted octanol–water partition coefficient (Wildman–Crippen LogP) is 1.92. The van der Waals surface area contributed by atoms with Crippen molar-refractivity contribution in [3.8, 4) is 0 Å². The van der Waals surface area contributed by atoms with Gasteiger partial charge in [-0.25, -0.2) is 4.98 Å². The van der Waals surface area contributed by atoms with Crippen LogP contribution in [0.25, 0.3) is 0 Å². The molecule has 3 heterocycles. The van der Waals surface area contributed by atoms with Crippen molar-refractivity contribution >= 4 is 5.91 Å². The van der Waals surface area contributed by atoms with Gasteiger partial charge in [-0.3, -0.25) is 4.79 Å². The van der Waals surface area contributed by atoms with Crippen LogP contribution in [0.3, 0.4) is 0 Å². The summed E-state index contributed by atoms with van der Waals surface area (Å²) in [5, 5.41) is 3.77. The first-order valence-electron chi connectivity index (χ1n) is 7.76. The van der Waals surface area contributed by atoms with E-state index in [0.717, 1.165) is 12.8 Å². The van der Waals surface area contributed by atoms with Crippen LogP contribution in [0.5, 0.6) is 0 Å². The molecular weight excluding hydrogens is 300 g/mol. The van der Waals surface area contributed by atoms with Gasteiger partial charge in [0.15, 0.2) is 23.5 Å². The second kappa shape index (κ2) is 6.49. The normalized spacial score (nSPS) is 21.6. The molecule has 0 radical (unpaired) electrons. The molecule has 0 saturated carbocycles. The molecule has 2 atom stereocenters. The molecule has 1 fully saturated rings. The molecule has 0 N–H and O–H groups in total. The summed E-state index contributed by atoms with van der Waals surface area (Å²) in [5.41, 5.74) is 0.322. The molecule has 1 aliphatic heterocycles. The topological polar surface area (TPSA) is 94.5 Å². The van der Waals surface area contributed by atoms with Crippen molar-refractivity contribution in [3.63, 3.8) is 0 Å². The van der Waals surface area contributed by atoms with E-state index in [9.17, 15) is 4.79 Å². The molecule has 8 nitrogen and oxygen atoms in total. The zero-order chi connectivity index (χ0) is 16.4. The summed E-state index contributed by atoms with van der Waals surface area (Å²) in [6.07, 6.45) is 2.50. The summed E-state index contributed by atoms with van der Waals surface area (Å²) < 4.78 is 16.3. The maximum absolute atomic E-state index is 12.6. The second-order valence-corrected chi connectivity index (χ2v) is 5.70. The number of aryl methyl sites for hydroxylation is 2. The van der Waals surface area contributed by atoms with Crippen LogP contribution in [0.2, 0.25) is 0 Å². The maximum atomic E-state index is 12.6. The first-order chi connectivity index (χ1) is 11.1. The summed E-state index contributed by atoms with van der Waals surface area (Å²) in [6.45, 7) is 6.51. The first kappa shape index (κ1) is 15.7. The standard InChI is InChI=1S/C15H20N4O4/c1-4-5-13-17-11(8-21-13)15(20)19-6-9(2)22-12(7-19)14-16-10(3)18-23-14/h8-9,12H,4-7H2,1-3H3/t9-,12-/m1/s1. The van der Waals surface area contributed by atoms with Gasteiger partial charge < -0.3 is 18.6 Å². The lowest BCUT2D eigenvalue weighted by Gasteiger charge is -2.34. The van der Waals surface area contributed by atoms with E-state index in [1.165, 1.54) is 6.26 Å². The van der Waals surface area contributed by atoms with Crippen LogP contribution < -0.4 is 0 Å². The number of hydrogen-bond donors (Lipinski definition) is 0. The maximum Gasteiger partial charge on any atom is 0.276 e. The summed E-state index contributed by atoms with van der Waals surface area (Å²) in [5.74, 6) is 1.34. The number of ether oxygens (including phenoxy) is 1. The van der Waals surface area contributed by atoms with Crippen LogP contribution in [0.15, 0.2) is 15.2 Å². The molecule has 3 rings (SSSR count). The van der Waals surface area contributed by atoms with Crippen molar-refractivity contribution in [1.82, 2.24) is 20.0 Å². The highest BCUT2D eigenvalue weighted by molar-refractivity contribution is 5.92. The fourth-order valence-electron chi connectivity index (χ4n) is 2.60. The van der Waals surface area contributed by atoms with E-state index in [2.05, 4.69) is 15.1 Å². The zero-order valence-electron chi connectivity index (χ0n) is 13.5. The Bertz CT molecular complexity index is 681. The summed E-state index contributed by atoms with van der Waals surface area (Å²) in [6, 6.07) is 0. The zero-order valence-corrected chi connectivity index (χ0v) is 13.5. The van der Waals surface area contributed by atoms with Crippen molar-refractivity contribution in [2.75, 3.05) is 13.1 Å². The average Bonchev–Trinajstić information content (AvgIpc) is 3.15. The molecule has 2 aromatic rings. The molecule has 1 aliphatic rings. The number of amides is 1. The van der Waals surface area contributed by atoms with Crippen LogP contribution >= 0.6 is 0 Å². The number of morpholine rings is 1. The van der Waals surface area contributed by atoms with Gasteiger partial charge in [0, 0.05) is 13.0 Å². The number of carbonyl (C=O) groups excluding carboxylic acids is 1. The molecule has 0 aromatic carbocycles. The minimum atomic E-state index is -0.425. The van der Waals surface area contributed by atoms with E-state index < -0.39 is 6.10 Å². The third-order valence-electron chi connectivity index (χ3n) is 3.60. The average molecular weight is 320 g/mol. The lowest BCUT2D eigenvalue weighted by atomic mass is 10.2. The Morgan fingerprint density at radius 1 is 1.39 bits per heavy atom. The van der Waals surface area contributed by atoms with Crippen molar-refractivity contribution in [2.24, 2.45) is 0 Å². The SMILES string of the molecule is CCCc1nc(C(=O)N2C[C@@H](C)O[C@@H](c3nc(C)no3)C2)co1. The quantitative estimate of drug-likeness (QED) is 0.849. The van der Waals surface area contributed by atoms with Crippen molar-refractivity contribution in [1.29, 1.82) is 0 Å². The first-order valence-corrected chi connectivity index (χ1v) is 7.76. The molecule has 23 heavy (non-hydrogen) atoms. The summed E-state index contributed by atoms with van der Waals surface area (Å²) in [4.78, 5) is 22.8. The van der Waals surface area contributed by atoms with E-state index in [1.54, 1.807) is 11.8 Å². The number of aromatic nitrogens is 3. The van der Waals surface area contributed by atoms with Gasteiger partial charge >= 0.3 is 0 Å². The van der Waals surface area contributed by atoms with Crippen molar-refractivity contribution in [3.05, 3.63) is 29.6 Å². The highest BCUT2D eigenvalue weighted by Gasteiger charge is 2.33. The van der Waals surface area contributed by atoms with Gasteiger partial charge in [0.05, 0.1) is 12.6 Å². The third-order valence-corrected chi connectivity index (χ3v) is 3.60. The van der Waals surface area contributed by atoms with Crippen LogP contribution in [0, 0.1) is 6.92 Å². The fourth-order valence-corrected chi connectivity index (χ4v) is 2.60. The monoisotopic (exact) mass is 320 g/mol. The van der Waals surface area contributed by atoms with E-state index in [4.69, 9.17) is 13.7 Å². The van der Waals surface area contributed by atoms with Gasteiger partial charge in [-0.15, -0.1) is 0 Å². The van der Waals surface area contributed by atoms with Crippen LogP contribution in [-0.4, -0.2) is 45.1 Å². The number of hydrogen-bond acceptors (Lipinski definition) is 7. The van der Waals surface area contributed by atoms with Gasteiger partial charge in [-0.05, 0) is 20.3 Å². The molecule has 0 spiro atoms. The molecule has 0 bridgehead atoms. The summed E-state index contributed by atoms with van der Waals surface area (Å²) in [7, 11) is 0. The Hall–Kier alpha value is -2.22. The van der Waals surface area contributed by atoms with E-state index in [-0.39, 0.29) is 12.0 Å². The van der Waals surface area contributed by atoms with Crippen LogP contribution in [-0.2, 0) is 11.2 Å². The molecule has 0 aliphatic carbocycles. The largest absolute Gasteiger partial charge is 0.448 e. The highest BCUT2D eigenvalue weighted by atomic mass is 16.5. The predicted molar refractivity (Wildman–Crippen MR) is 78.7 cm³/mol. The van der Waals surface area contributed by atoms with Gasteiger partial charge in [0.2, 0.25) is 0 Å². The molecule has 0 unspecified atom stereocenters. The van der Waals surface area contributed by atoms with Crippen LogP contribution in [0.4, 0.5) is 0 Å². The minimum Gasteiger partial charge on any atom is -0.448 e. The van der Waals surface area contributed by atoms with Gasteiger partial charge in [0.25, 0.3) is 11.8 Å². The smallest absolute Gasteiger partial charge is 0.276 e. The number of oxazole rings is 1. The lowest BCUT2D eigenvalue weighted by Crippen LogP contribution is -2.46. The fraction of sp³-hybridized carbons (Fsp3) is 0.600. The minimum absolute atomic E-state index is 0.132. The van der Waals surface area contributed by atoms with E-state index >= 15 is 0 Å². The highest BCUT2D eigenvalue weighted by Crippen LogP contribution is 2.25. The Balaban J connectivity index is 1.74. The molecule has 124 valence electrons. The van der Waals surface area contributed by atoms with E-state index in [0.29, 0.717) is 36.4 Å². The van der Waals surface area contributed by atoms with Gasteiger partial charge in [0.1, 0.15) is 6.26 Å². The van der Waals surface area contributed by atoms with E-state index in [1.807, 2.05) is 13.8 Å². The Morgan fingerprint density at radius 2 is 2.22 bits per heavy atom. The van der Waals surface area contributed by atoms with Gasteiger partial charge in [-0.1, -0.05) is 12.1 Å². The molecule has 2 aromatic heterocycles. The number of carbonyl (C=O) groups is 1. The second-order valence-electron chi connectivity index (χ2n) is 5.70. The summed E-state index contributed by atoms with van der Waals surface area (Å²) >= 11 is 0. The molecule has 1 amide bonds. The molecule has 8 heteroatoms. The van der Waals surface area contributed by atoms with Crippen molar-refractivity contribution in [2.45, 2.75) is 45.8 Å². The third kappa shape index (κ3) is 3.42. The van der Waals surface area contributed by atoms with Crippen LogP contribution in [0.1, 0.15) is 54.5 Å². The van der Waals surface area contributed by atoms with Crippen molar-refractivity contribution < 1.29 is 18.5 Å². The Kier molecular flexibility index (Phi) is 4.42. The van der Waals surface area contributed by atoms with Gasteiger partial charge in [-0.2, -0.15) is 4.98 Å².